The minimum Gasteiger partial charge on any atom is -0.354 e. The van der Waals surface area contributed by atoms with Crippen LogP contribution in [-0.4, -0.2) is 44.3 Å². The van der Waals surface area contributed by atoms with Crippen LogP contribution in [0.5, 0.6) is 0 Å². The molecule has 0 bridgehead atoms. The van der Waals surface area contributed by atoms with Gasteiger partial charge in [0.1, 0.15) is 12.6 Å². The van der Waals surface area contributed by atoms with E-state index in [0.717, 1.165) is 9.87 Å². The number of nitrogens with one attached hydrogen (secondary N) is 1. The first-order chi connectivity index (χ1) is 18.5. The molecule has 0 fully saturated rings. The molecule has 1 atom stereocenters. The molecule has 39 heavy (non-hydrogen) atoms. The van der Waals surface area contributed by atoms with Crippen LogP contribution >= 0.6 is 11.6 Å². The molecule has 7 nitrogen and oxygen atoms in total. The Hall–Kier alpha value is -3.36. The molecule has 0 aromatic heterocycles. The number of hydrogen-bond acceptors (Lipinski definition) is 4. The third-order valence-corrected chi connectivity index (χ3v) is 8.31. The van der Waals surface area contributed by atoms with E-state index in [1.165, 1.54) is 17.0 Å². The van der Waals surface area contributed by atoms with Crippen molar-refractivity contribution in [2.75, 3.05) is 17.4 Å². The van der Waals surface area contributed by atoms with Gasteiger partial charge in [0.2, 0.25) is 11.8 Å². The molecular formula is C30H36ClN3O4S. The van der Waals surface area contributed by atoms with Crippen molar-refractivity contribution in [3.05, 3.63) is 95.0 Å². The Morgan fingerprint density at radius 1 is 0.949 bits per heavy atom. The van der Waals surface area contributed by atoms with Crippen LogP contribution in [0.2, 0.25) is 5.02 Å². The highest BCUT2D eigenvalue weighted by atomic mass is 35.5. The van der Waals surface area contributed by atoms with Crippen LogP contribution in [-0.2, 0) is 26.2 Å². The van der Waals surface area contributed by atoms with Gasteiger partial charge in [-0.25, -0.2) is 8.42 Å². The zero-order valence-corrected chi connectivity index (χ0v) is 24.4. The van der Waals surface area contributed by atoms with Crippen LogP contribution in [0.15, 0.2) is 83.8 Å². The zero-order chi connectivity index (χ0) is 28.6. The third kappa shape index (κ3) is 7.83. The summed E-state index contributed by atoms with van der Waals surface area (Å²) in [5.74, 6) is -0.515. The zero-order valence-electron chi connectivity index (χ0n) is 22.8. The number of carbonyl (C=O) groups excluding carboxylic acids is 2. The molecule has 9 heteroatoms. The summed E-state index contributed by atoms with van der Waals surface area (Å²) in [4.78, 5) is 28.8. The number of anilines is 1. The van der Waals surface area contributed by atoms with Gasteiger partial charge in [-0.15, -0.1) is 0 Å². The SMILES string of the molecule is CC[C@@H](C(=O)NCC(C)C)N(Cc1ccccc1)C(=O)CN(c1ccc(Cl)cc1C)S(=O)(=O)c1ccccc1. The molecule has 1 N–H and O–H groups in total. The van der Waals surface area contributed by atoms with Crippen LogP contribution in [0.4, 0.5) is 5.69 Å². The summed E-state index contributed by atoms with van der Waals surface area (Å²) in [5.41, 5.74) is 1.78. The van der Waals surface area contributed by atoms with E-state index in [0.29, 0.717) is 29.2 Å². The third-order valence-electron chi connectivity index (χ3n) is 6.30. The first kappa shape index (κ1) is 30.2. The van der Waals surface area contributed by atoms with Crippen LogP contribution in [0.1, 0.15) is 38.3 Å². The second-order valence-corrected chi connectivity index (χ2v) is 12.1. The normalized spacial score (nSPS) is 12.2. The van der Waals surface area contributed by atoms with Gasteiger partial charge in [0.25, 0.3) is 10.0 Å². The van der Waals surface area contributed by atoms with Crippen molar-refractivity contribution < 1.29 is 18.0 Å². The highest BCUT2D eigenvalue weighted by Gasteiger charge is 2.34. The van der Waals surface area contributed by atoms with Crippen LogP contribution in [0.3, 0.4) is 0 Å². The first-order valence-electron chi connectivity index (χ1n) is 13.0. The van der Waals surface area contributed by atoms with Gasteiger partial charge >= 0.3 is 0 Å². The minimum atomic E-state index is -4.12. The second kappa shape index (κ2) is 13.6. The molecule has 3 aromatic rings. The summed E-state index contributed by atoms with van der Waals surface area (Å²) in [5, 5.41) is 3.39. The Kier molecular flexibility index (Phi) is 10.5. The summed E-state index contributed by atoms with van der Waals surface area (Å²) in [6, 6.07) is 21.4. The lowest BCUT2D eigenvalue weighted by molar-refractivity contribution is -0.140. The van der Waals surface area contributed by atoms with E-state index in [9.17, 15) is 18.0 Å². The summed E-state index contributed by atoms with van der Waals surface area (Å²) < 4.78 is 28.9. The van der Waals surface area contributed by atoms with Crippen LogP contribution in [0, 0.1) is 12.8 Å². The van der Waals surface area contributed by atoms with Crippen molar-refractivity contribution in [3.63, 3.8) is 0 Å². The number of nitrogens with zero attached hydrogens (tertiary/aromatic N) is 2. The Morgan fingerprint density at radius 3 is 2.13 bits per heavy atom. The summed E-state index contributed by atoms with van der Waals surface area (Å²) in [7, 11) is -4.12. The molecule has 3 rings (SSSR count). The predicted octanol–water partition coefficient (Wildman–Crippen LogP) is 5.42. The smallest absolute Gasteiger partial charge is 0.264 e. The van der Waals surface area contributed by atoms with Gasteiger partial charge in [-0.1, -0.05) is 80.9 Å². The first-order valence-corrected chi connectivity index (χ1v) is 14.8. The maximum absolute atomic E-state index is 14.0. The molecule has 0 saturated heterocycles. The molecule has 0 aliphatic rings. The number of carbonyl (C=O) groups is 2. The van der Waals surface area contributed by atoms with Crippen molar-refractivity contribution in [2.24, 2.45) is 5.92 Å². The molecule has 0 aliphatic heterocycles. The lowest BCUT2D eigenvalue weighted by Gasteiger charge is -2.33. The largest absolute Gasteiger partial charge is 0.354 e. The monoisotopic (exact) mass is 569 g/mol. The molecule has 3 aromatic carbocycles. The number of aryl methyl sites for hydroxylation is 1. The van der Waals surface area contributed by atoms with Gasteiger partial charge in [0, 0.05) is 18.1 Å². The Labute approximate surface area is 236 Å². The second-order valence-electron chi connectivity index (χ2n) is 9.83. The lowest BCUT2D eigenvalue weighted by atomic mass is 10.1. The van der Waals surface area contributed by atoms with Gasteiger partial charge in [-0.3, -0.25) is 13.9 Å². The van der Waals surface area contributed by atoms with Crippen molar-refractivity contribution in [2.45, 2.75) is 51.6 Å². The molecular weight excluding hydrogens is 534 g/mol. The number of amides is 2. The van der Waals surface area contributed by atoms with E-state index in [-0.39, 0.29) is 23.3 Å². The molecule has 0 aliphatic carbocycles. The molecule has 0 unspecified atom stereocenters. The molecule has 208 valence electrons. The fraction of sp³-hybridized carbons (Fsp3) is 0.333. The van der Waals surface area contributed by atoms with Crippen molar-refractivity contribution in [1.29, 1.82) is 0 Å². The van der Waals surface area contributed by atoms with Gasteiger partial charge in [0.05, 0.1) is 10.6 Å². The van der Waals surface area contributed by atoms with E-state index >= 15 is 0 Å². The number of rotatable bonds is 12. The van der Waals surface area contributed by atoms with Crippen LogP contribution < -0.4 is 9.62 Å². The van der Waals surface area contributed by atoms with Crippen molar-refractivity contribution in [3.8, 4) is 0 Å². The molecule has 0 heterocycles. The van der Waals surface area contributed by atoms with E-state index in [1.807, 2.05) is 51.1 Å². The number of halogens is 1. The van der Waals surface area contributed by atoms with Gasteiger partial charge in [0.15, 0.2) is 0 Å². The van der Waals surface area contributed by atoms with Crippen molar-refractivity contribution in [1.82, 2.24) is 10.2 Å². The quantitative estimate of drug-likeness (QED) is 0.315. The minimum absolute atomic E-state index is 0.0588. The molecule has 2 amide bonds. The standard InChI is InChI=1S/C30H36ClN3O4S/c1-5-27(30(36)32-19-22(2)3)33(20-24-12-8-6-9-13-24)29(35)21-34(28-17-16-25(31)18-23(28)4)39(37,38)26-14-10-7-11-15-26/h6-18,22,27H,5,19-21H2,1-4H3,(H,32,36)/t27-/m0/s1. The molecule has 0 spiro atoms. The summed E-state index contributed by atoms with van der Waals surface area (Å²) >= 11 is 6.16. The highest BCUT2D eigenvalue weighted by Crippen LogP contribution is 2.29. The average Bonchev–Trinajstić information content (AvgIpc) is 2.91. The lowest BCUT2D eigenvalue weighted by Crippen LogP contribution is -2.52. The fourth-order valence-electron chi connectivity index (χ4n) is 4.25. The Balaban J connectivity index is 2.05. The summed E-state index contributed by atoms with van der Waals surface area (Å²) in [6.45, 7) is 7.72. The molecule has 0 saturated carbocycles. The number of sulfonamides is 1. The van der Waals surface area contributed by atoms with E-state index in [4.69, 9.17) is 11.6 Å². The molecule has 0 radical (unpaired) electrons. The van der Waals surface area contributed by atoms with Gasteiger partial charge in [-0.2, -0.15) is 0 Å². The predicted molar refractivity (Wildman–Crippen MR) is 156 cm³/mol. The summed E-state index contributed by atoms with van der Waals surface area (Å²) in [6.07, 6.45) is 0.369. The van der Waals surface area contributed by atoms with Crippen molar-refractivity contribution >= 4 is 39.1 Å². The van der Waals surface area contributed by atoms with Gasteiger partial charge in [-0.05, 0) is 60.7 Å². The van der Waals surface area contributed by atoms with Gasteiger partial charge < -0.3 is 10.2 Å². The highest BCUT2D eigenvalue weighted by molar-refractivity contribution is 7.92. The van der Waals surface area contributed by atoms with E-state index in [2.05, 4.69) is 5.32 Å². The average molecular weight is 570 g/mol. The Morgan fingerprint density at radius 2 is 1.56 bits per heavy atom. The van der Waals surface area contributed by atoms with E-state index in [1.54, 1.807) is 43.3 Å². The maximum Gasteiger partial charge on any atom is 0.264 e. The fourth-order valence-corrected chi connectivity index (χ4v) is 5.98. The van der Waals surface area contributed by atoms with Crippen LogP contribution in [0.25, 0.3) is 0 Å². The topological polar surface area (TPSA) is 86.8 Å². The maximum atomic E-state index is 14.0. The number of hydrogen-bond donors (Lipinski definition) is 1. The number of benzene rings is 3. The van der Waals surface area contributed by atoms with E-state index < -0.39 is 28.5 Å². The Bertz CT molecular complexity index is 1370.